The molecule has 1 aromatic heterocycles. The first-order valence-corrected chi connectivity index (χ1v) is 4.81. The second-order valence-electron chi connectivity index (χ2n) is 5.42. The van der Waals surface area contributed by atoms with E-state index in [2.05, 4.69) is 31.1 Å². The lowest BCUT2D eigenvalue weighted by atomic mass is 9.97. The smallest absolute Gasteiger partial charge is 0.114 e. The highest BCUT2D eigenvalue weighted by atomic mass is 16.3. The van der Waals surface area contributed by atoms with Crippen molar-refractivity contribution in [3.8, 4) is 0 Å². The molecule has 0 saturated carbocycles. The number of hydrogen-bond donors (Lipinski definition) is 1. The van der Waals surface area contributed by atoms with Crippen LogP contribution in [0.1, 0.15) is 40.3 Å². The second-order valence-corrected chi connectivity index (χ2v) is 5.42. The Bertz CT molecular complexity index is 304. The molecule has 0 aliphatic carbocycles. The van der Waals surface area contributed by atoms with Gasteiger partial charge < -0.3 is 5.11 Å². The Morgan fingerprint density at radius 1 is 1.29 bits per heavy atom. The summed E-state index contributed by atoms with van der Waals surface area (Å²) in [5.74, 6) is 0. The molecule has 14 heavy (non-hydrogen) atoms. The van der Waals surface area contributed by atoms with E-state index in [0.717, 1.165) is 6.54 Å². The topological polar surface area (TPSA) is 50.9 Å². The molecule has 0 amide bonds. The summed E-state index contributed by atoms with van der Waals surface area (Å²) in [6.45, 7) is 10.6. The maximum atomic E-state index is 9.68. The first-order valence-electron chi connectivity index (χ1n) is 4.81. The summed E-state index contributed by atoms with van der Waals surface area (Å²) >= 11 is 0. The van der Waals surface area contributed by atoms with Crippen LogP contribution in [-0.4, -0.2) is 20.1 Å². The van der Waals surface area contributed by atoms with Crippen molar-refractivity contribution in [2.75, 3.05) is 0 Å². The van der Waals surface area contributed by atoms with Gasteiger partial charge in [0.05, 0.1) is 6.20 Å². The van der Waals surface area contributed by atoms with Gasteiger partial charge in [0.25, 0.3) is 0 Å². The van der Waals surface area contributed by atoms with Crippen molar-refractivity contribution in [2.24, 2.45) is 5.41 Å². The van der Waals surface area contributed by atoms with Gasteiger partial charge in [-0.3, -0.25) is 4.68 Å². The lowest BCUT2D eigenvalue weighted by Crippen LogP contribution is -2.17. The molecule has 0 aliphatic rings. The molecule has 0 unspecified atom stereocenters. The predicted octanol–water partition coefficient (Wildman–Crippen LogP) is 1.55. The Balaban J connectivity index is 2.79. The Labute approximate surface area is 84.9 Å². The van der Waals surface area contributed by atoms with Crippen molar-refractivity contribution in [2.45, 2.75) is 46.8 Å². The zero-order valence-corrected chi connectivity index (χ0v) is 9.57. The van der Waals surface area contributed by atoms with Crippen molar-refractivity contribution in [3.63, 3.8) is 0 Å². The van der Waals surface area contributed by atoms with Gasteiger partial charge in [-0.1, -0.05) is 26.0 Å². The highest BCUT2D eigenvalue weighted by Gasteiger charge is 2.21. The van der Waals surface area contributed by atoms with E-state index in [1.807, 2.05) is 0 Å². The van der Waals surface area contributed by atoms with Crippen molar-refractivity contribution < 1.29 is 5.11 Å². The second kappa shape index (κ2) is 3.35. The van der Waals surface area contributed by atoms with Crippen LogP contribution in [0.4, 0.5) is 0 Å². The van der Waals surface area contributed by atoms with E-state index in [1.165, 1.54) is 0 Å². The number of nitrogens with zero attached hydrogens (tertiary/aromatic N) is 3. The van der Waals surface area contributed by atoms with Crippen molar-refractivity contribution in [3.05, 3.63) is 11.9 Å². The fourth-order valence-electron chi connectivity index (χ4n) is 1.14. The van der Waals surface area contributed by atoms with Crippen LogP contribution in [0.5, 0.6) is 0 Å². The van der Waals surface area contributed by atoms with Gasteiger partial charge >= 0.3 is 0 Å². The average Bonchev–Trinajstić information content (AvgIpc) is 2.29. The average molecular weight is 197 g/mol. The summed E-state index contributed by atoms with van der Waals surface area (Å²) in [5, 5.41) is 17.6. The molecule has 0 aliphatic heterocycles. The third kappa shape index (κ3) is 3.10. The molecule has 1 rings (SSSR count). The summed E-state index contributed by atoms with van der Waals surface area (Å²) in [6, 6.07) is 0. The molecule has 0 fully saturated rings. The Hall–Kier alpha value is -0.900. The zero-order valence-electron chi connectivity index (χ0n) is 9.57. The van der Waals surface area contributed by atoms with Gasteiger partial charge in [-0.15, -0.1) is 5.10 Å². The lowest BCUT2D eigenvalue weighted by molar-refractivity contribution is 0.0737. The summed E-state index contributed by atoms with van der Waals surface area (Å²) in [4.78, 5) is 0. The first kappa shape index (κ1) is 11.2. The largest absolute Gasteiger partial charge is 0.384 e. The molecule has 1 N–H and O–H groups in total. The molecular formula is C10H19N3O. The Kier molecular flexibility index (Phi) is 2.67. The molecule has 0 aromatic carbocycles. The SMILES string of the molecule is CC(C)(C)Cn1cc(C(C)(C)O)nn1. The van der Waals surface area contributed by atoms with E-state index in [-0.39, 0.29) is 5.41 Å². The molecule has 4 nitrogen and oxygen atoms in total. The monoisotopic (exact) mass is 197 g/mol. The van der Waals surface area contributed by atoms with Crippen LogP contribution >= 0.6 is 0 Å². The quantitative estimate of drug-likeness (QED) is 0.782. The highest BCUT2D eigenvalue weighted by molar-refractivity contribution is 5.02. The number of hydrogen-bond acceptors (Lipinski definition) is 3. The molecule has 80 valence electrons. The summed E-state index contributed by atoms with van der Waals surface area (Å²) in [5.41, 5.74) is -0.123. The van der Waals surface area contributed by atoms with Gasteiger partial charge in [0, 0.05) is 6.54 Å². The van der Waals surface area contributed by atoms with Crippen molar-refractivity contribution in [1.29, 1.82) is 0 Å². The molecule has 1 heterocycles. The van der Waals surface area contributed by atoms with Crippen LogP contribution in [0.2, 0.25) is 0 Å². The zero-order chi connectivity index (χ0) is 11.0. The standard InChI is InChI=1S/C10H19N3O/c1-9(2,3)7-13-6-8(11-12-13)10(4,5)14/h6,14H,7H2,1-5H3. The van der Waals surface area contributed by atoms with Crippen LogP contribution < -0.4 is 0 Å². The fraction of sp³-hybridized carbons (Fsp3) is 0.800. The number of rotatable bonds is 2. The van der Waals surface area contributed by atoms with Crippen molar-refractivity contribution >= 4 is 0 Å². The maximum Gasteiger partial charge on any atom is 0.114 e. The van der Waals surface area contributed by atoms with Crippen LogP contribution in [-0.2, 0) is 12.1 Å². The molecular weight excluding hydrogens is 178 g/mol. The molecule has 0 bridgehead atoms. The minimum absolute atomic E-state index is 0.171. The number of aromatic nitrogens is 3. The lowest BCUT2D eigenvalue weighted by Gasteiger charge is -2.17. The van der Waals surface area contributed by atoms with E-state index in [0.29, 0.717) is 5.69 Å². The van der Waals surface area contributed by atoms with Gasteiger partial charge in [0.2, 0.25) is 0 Å². The van der Waals surface area contributed by atoms with Crippen LogP contribution in [0, 0.1) is 5.41 Å². The Morgan fingerprint density at radius 3 is 2.21 bits per heavy atom. The van der Waals surface area contributed by atoms with Gasteiger partial charge in [-0.2, -0.15) is 0 Å². The first-order chi connectivity index (χ1) is 6.18. The third-order valence-corrected chi connectivity index (χ3v) is 1.80. The fourth-order valence-corrected chi connectivity index (χ4v) is 1.14. The highest BCUT2D eigenvalue weighted by Crippen LogP contribution is 2.19. The summed E-state index contributed by atoms with van der Waals surface area (Å²) in [6.07, 6.45) is 1.80. The van der Waals surface area contributed by atoms with E-state index in [1.54, 1.807) is 24.7 Å². The predicted molar refractivity (Wildman–Crippen MR) is 54.7 cm³/mol. The van der Waals surface area contributed by atoms with E-state index in [4.69, 9.17) is 0 Å². The normalized spacial score (nSPS) is 13.3. The van der Waals surface area contributed by atoms with Gasteiger partial charge in [0.1, 0.15) is 11.3 Å². The van der Waals surface area contributed by atoms with Gasteiger partial charge in [-0.25, -0.2) is 0 Å². The molecule has 0 radical (unpaired) electrons. The van der Waals surface area contributed by atoms with Gasteiger partial charge in [-0.05, 0) is 19.3 Å². The van der Waals surface area contributed by atoms with Crippen molar-refractivity contribution in [1.82, 2.24) is 15.0 Å². The van der Waals surface area contributed by atoms with Gasteiger partial charge in [0.15, 0.2) is 0 Å². The molecule has 0 spiro atoms. The Morgan fingerprint density at radius 2 is 1.86 bits per heavy atom. The molecule has 0 atom stereocenters. The molecule has 4 heteroatoms. The summed E-state index contributed by atoms with van der Waals surface area (Å²) in [7, 11) is 0. The maximum absolute atomic E-state index is 9.68. The van der Waals surface area contributed by atoms with E-state index >= 15 is 0 Å². The van der Waals surface area contributed by atoms with Crippen LogP contribution in [0.15, 0.2) is 6.20 Å². The minimum atomic E-state index is -0.907. The minimum Gasteiger partial charge on any atom is -0.384 e. The third-order valence-electron chi connectivity index (χ3n) is 1.80. The number of aliphatic hydroxyl groups is 1. The van der Waals surface area contributed by atoms with Crippen LogP contribution in [0.25, 0.3) is 0 Å². The summed E-state index contributed by atoms with van der Waals surface area (Å²) < 4.78 is 1.77. The molecule has 1 aromatic rings. The van der Waals surface area contributed by atoms with E-state index < -0.39 is 5.60 Å². The van der Waals surface area contributed by atoms with E-state index in [9.17, 15) is 5.11 Å². The van der Waals surface area contributed by atoms with Crippen LogP contribution in [0.3, 0.4) is 0 Å². The molecule has 0 saturated heterocycles.